The topological polar surface area (TPSA) is 75.8 Å². The molecule has 0 spiro atoms. The molecular weight excluding hydrogens is 398 g/mol. The summed E-state index contributed by atoms with van der Waals surface area (Å²) >= 11 is 3.16. The Balaban J connectivity index is 1.97. The number of anilines is 1. The number of carbonyl (C=O) groups is 1. The molecule has 6 nitrogen and oxygen atoms in total. The monoisotopic (exact) mass is 413 g/mol. The van der Waals surface area contributed by atoms with Crippen molar-refractivity contribution in [2.45, 2.75) is 20.8 Å². The lowest BCUT2D eigenvalue weighted by Gasteiger charge is -2.13. The molecule has 0 radical (unpaired) electrons. The van der Waals surface area contributed by atoms with Crippen molar-refractivity contribution in [3.63, 3.8) is 0 Å². The quantitative estimate of drug-likeness (QED) is 0.412. The summed E-state index contributed by atoms with van der Waals surface area (Å²) in [5.41, 5.74) is 4.41. The third-order valence-electron chi connectivity index (χ3n) is 4.28. The summed E-state index contributed by atoms with van der Waals surface area (Å²) in [4.78, 5) is 23.4. The zero-order valence-corrected chi connectivity index (χ0v) is 16.1. The second-order valence-corrected chi connectivity index (χ2v) is 6.95. The Bertz CT molecular complexity index is 996. The number of nitro groups is 1. The third kappa shape index (κ3) is 3.30. The number of aryl methyl sites for hydroxylation is 2. The van der Waals surface area contributed by atoms with E-state index in [0.717, 1.165) is 11.1 Å². The summed E-state index contributed by atoms with van der Waals surface area (Å²) in [6.45, 7) is 5.73. The number of nitrogens with zero attached hydrogens (tertiary/aromatic N) is 3. The molecule has 2 aromatic carbocycles. The number of hydrogen-bond acceptors (Lipinski definition) is 4. The Morgan fingerprint density at radius 2 is 1.85 bits per heavy atom. The van der Waals surface area contributed by atoms with Crippen LogP contribution in [0.4, 0.5) is 11.4 Å². The molecule has 0 saturated heterocycles. The average Bonchev–Trinajstić information content (AvgIpc) is 2.87. The van der Waals surface area contributed by atoms with Crippen LogP contribution < -0.4 is 5.01 Å². The third-order valence-corrected chi connectivity index (χ3v) is 4.95. The fraction of sp³-hybridized carbons (Fsp3) is 0.158. The molecule has 0 fully saturated rings. The SMILES string of the molecule is CC1=NN(c2ccc(C)c(C)c2)C(=O)C1=Cc1ccc(Br)c([N+](=O)[O-])c1. The Hall–Kier alpha value is -2.80. The first kappa shape index (κ1) is 18.0. The van der Waals surface area contributed by atoms with Crippen LogP contribution in [0.3, 0.4) is 0 Å². The van der Waals surface area contributed by atoms with Crippen LogP contribution in [0.1, 0.15) is 23.6 Å². The van der Waals surface area contributed by atoms with Gasteiger partial charge in [-0.2, -0.15) is 10.1 Å². The first-order valence-electron chi connectivity index (χ1n) is 7.91. The molecule has 0 N–H and O–H groups in total. The fourth-order valence-electron chi connectivity index (χ4n) is 2.64. The van der Waals surface area contributed by atoms with Crippen LogP contribution in [0.2, 0.25) is 0 Å². The van der Waals surface area contributed by atoms with Gasteiger partial charge in [0.2, 0.25) is 0 Å². The minimum Gasteiger partial charge on any atom is -0.267 e. The molecule has 0 aromatic heterocycles. The lowest BCUT2D eigenvalue weighted by molar-refractivity contribution is -0.385. The smallest absolute Gasteiger partial charge is 0.267 e. The Labute approximate surface area is 159 Å². The summed E-state index contributed by atoms with van der Waals surface area (Å²) < 4.78 is 0.393. The van der Waals surface area contributed by atoms with Crippen molar-refractivity contribution in [1.29, 1.82) is 0 Å². The number of carbonyl (C=O) groups excluding carboxylic acids is 1. The van der Waals surface area contributed by atoms with E-state index in [0.29, 0.717) is 27.0 Å². The zero-order chi connectivity index (χ0) is 19.0. The molecule has 1 heterocycles. The van der Waals surface area contributed by atoms with E-state index < -0.39 is 4.92 Å². The van der Waals surface area contributed by atoms with Crippen LogP contribution in [-0.2, 0) is 4.79 Å². The minimum atomic E-state index is -0.467. The highest BCUT2D eigenvalue weighted by atomic mass is 79.9. The van der Waals surface area contributed by atoms with Gasteiger partial charge in [-0.3, -0.25) is 14.9 Å². The molecule has 1 aliphatic rings. The molecule has 3 rings (SSSR count). The number of hydrazone groups is 1. The fourth-order valence-corrected chi connectivity index (χ4v) is 3.03. The van der Waals surface area contributed by atoms with E-state index in [1.807, 2.05) is 32.0 Å². The Morgan fingerprint density at radius 1 is 1.12 bits per heavy atom. The van der Waals surface area contributed by atoms with E-state index in [1.165, 1.54) is 11.1 Å². The number of hydrogen-bond donors (Lipinski definition) is 0. The molecule has 0 unspecified atom stereocenters. The molecule has 26 heavy (non-hydrogen) atoms. The molecule has 0 saturated carbocycles. The molecule has 1 aliphatic heterocycles. The maximum absolute atomic E-state index is 12.8. The number of amides is 1. The van der Waals surface area contributed by atoms with E-state index >= 15 is 0 Å². The van der Waals surface area contributed by atoms with Gasteiger partial charge in [-0.15, -0.1) is 0 Å². The van der Waals surface area contributed by atoms with Crippen molar-refractivity contribution in [2.24, 2.45) is 5.10 Å². The van der Waals surface area contributed by atoms with E-state index in [4.69, 9.17) is 0 Å². The van der Waals surface area contributed by atoms with Gasteiger partial charge in [0.15, 0.2) is 0 Å². The first-order chi connectivity index (χ1) is 12.3. The van der Waals surface area contributed by atoms with Gasteiger partial charge in [0, 0.05) is 6.07 Å². The van der Waals surface area contributed by atoms with Gasteiger partial charge >= 0.3 is 0 Å². The second-order valence-electron chi connectivity index (χ2n) is 6.10. The van der Waals surface area contributed by atoms with Crippen LogP contribution in [0, 0.1) is 24.0 Å². The summed E-state index contributed by atoms with van der Waals surface area (Å²) in [6.07, 6.45) is 1.63. The summed E-state index contributed by atoms with van der Waals surface area (Å²) in [5.74, 6) is -0.253. The van der Waals surface area contributed by atoms with E-state index in [1.54, 1.807) is 25.1 Å². The Kier molecular flexibility index (Phi) is 4.73. The Morgan fingerprint density at radius 3 is 2.50 bits per heavy atom. The maximum Gasteiger partial charge on any atom is 0.284 e. The molecule has 2 aromatic rings. The van der Waals surface area contributed by atoms with Gasteiger partial charge in [-0.05, 0) is 77.7 Å². The van der Waals surface area contributed by atoms with Crippen LogP contribution in [0.15, 0.2) is 51.5 Å². The summed E-state index contributed by atoms with van der Waals surface area (Å²) in [5, 5.41) is 16.8. The van der Waals surface area contributed by atoms with Crippen molar-refractivity contribution < 1.29 is 9.72 Å². The standard InChI is InChI=1S/C19H16BrN3O3/c1-11-4-6-15(8-12(11)2)22-19(24)16(13(3)21-22)9-14-5-7-17(20)18(10-14)23(25)26/h4-10H,1-3H3. The highest BCUT2D eigenvalue weighted by Gasteiger charge is 2.29. The lowest BCUT2D eigenvalue weighted by atomic mass is 10.1. The average molecular weight is 414 g/mol. The minimum absolute atomic E-state index is 0.0506. The predicted molar refractivity (Wildman–Crippen MR) is 105 cm³/mol. The zero-order valence-electron chi connectivity index (χ0n) is 14.5. The molecule has 0 aliphatic carbocycles. The molecule has 132 valence electrons. The normalized spacial score (nSPS) is 15.5. The summed E-state index contributed by atoms with van der Waals surface area (Å²) in [7, 11) is 0. The van der Waals surface area contributed by atoms with Crippen molar-refractivity contribution in [3.05, 3.63) is 73.2 Å². The highest BCUT2D eigenvalue weighted by molar-refractivity contribution is 9.10. The van der Waals surface area contributed by atoms with E-state index in [9.17, 15) is 14.9 Å². The second kappa shape index (κ2) is 6.84. The molecule has 1 amide bonds. The van der Waals surface area contributed by atoms with Crippen molar-refractivity contribution in [1.82, 2.24) is 0 Å². The van der Waals surface area contributed by atoms with Crippen molar-refractivity contribution in [2.75, 3.05) is 5.01 Å². The first-order valence-corrected chi connectivity index (χ1v) is 8.70. The van der Waals surface area contributed by atoms with Crippen molar-refractivity contribution >= 4 is 45.0 Å². The molecule has 0 bridgehead atoms. The van der Waals surface area contributed by atoms with Gasteiger partial charge in [-0.1, -0.05) is 12.1 Å². The largest absolute Gasteiger partial charge is 0.284 e. The lowest BCUT2D eigenvalue weighted by Crippen LogP contribution is -2.21. The van der Waals surface area contributed by atoms with E-state index in [-0.39, 0.29) is 11.6 Å². The molecular formula is C19H16BrN3O3. The van der Waals surface area contributed by atoms with Crippen LogP contribution in [0.5, 0.6) is 0 Å². The van der Waals surface area contributed by atoms with E-state index in [2.05, 4.69) is 21.0 Å². The molecule has 0 atom stereocenters. The molecule has 7 heteroatoms. The van der Waals surface area contributed by atoms with Crippen LogP contribution in [-0.4, -0.2) is 16.5 Å². The van der Waals surface area contributed by atoms with Crippen LogP contribution in [0.25, 0.3) is 6.08 Å². The van der Waals surface area contributed by atoms with Crippen LogP contribution >= 0.6 is 15.9 Å². The maximum atomic E-state index is 12.8. The number of benzene rings is 2. The summed E-state index contributed by atoms with van der Waals surface area (Å²) in [6, 6.07) is 10.4. The van der Waals surface area contributed by atoms with Gasteiger partial charge < -0.3 is 0 Å². The predicted octanol–water partition coefficient (Wildman–Crippen LogP) is 4.78. The van der Waals surface area contributed by atoms with Gasteiger partial charge in [0.05, 0.1) is 26.4 Å². The van der Waals surface area contributed by atoms with Gasteiger partial charge in [0.1, 0.15) is 0 Å². The highest BCUT2D eigenvalue weighted by Crippen LogP contribution is 2.29. The van der Waals surface area contributed by atoms with Gasteiger partial charge in [0.25, 0.3) is 11.6 Å². The number of halogens is 1. The van der Waals surface area contributed by atoms with Crippen molar-refractivity contribution in [3.8, 4) is 0 Å². The number of nitro benzene ring substituents is 1. The van der Waals surface area contributed by atoms with Gasteiger partial charge in [-0.25, -0.2) is 0 Å². The number of rotatable bonds is 3.